The zero-order valence-electron chi connectivity index (χ0n) is 18.3. The molecule has 0 fully saturated rings. The maximum atomic E-state index is 12.1. The lowest BCUT2D eigenvalue weighted by atomic mass is 9.97. The van der Waals surface area contributed by atoms with Crippen LogP contribution < -0.4 is 14.8 Å². The Morgan fingerprint density at radius 3 is 2.28 bits per heavy atom. The first-order valence-electron chi connectivity index (χ1n) is 10.7. The largest absolute Gasteiger partial charge is 0.493 e. The minimum absolute atomic E-state index is 0.250. The van der Waals surface area contributed by atoms with E-state index in [1.54, 1.807) is 6.07 Å². The molecule has 0 aliphatic carbocycles. The minimum atomic E-state index is -0.250. The molecule has 0 saturated carbocycles. The lowest BCUT2D eigenvalue weighted by Gasteiger charge is -2.18. The summed E-state index contributed by atoms with van der Waals surface area (Å²) in [5.41, 5.74) is 2.13. The van der Waals surface area contributed by atoms with Gasteiger partial charge >= 0.3 is 0 Å². The first kappa shape index (κ1) is 22.8. The molecular formula is C23H34N2O4. The summed E-state index contributed by atoms with van der Waals surface area (Å²) in [6, 6.07) is 5.65. The Labute approximate surface area is 174 Å². The van der Waals surface area contributed by atoms with E-state index in [4.69, 9.17) is 14.0 Å². The summed E-state index contributed by atoms with van der Waals surface area (Å²) >= 11 is 0. The minimum Gasteiger partial charge on any atom is -0.493 e. The van der Waals surface area contributed by atoms with Crippen molar-refractivity contribution < 1.29 is 18.8 Å². The molecule has 1 amide bonds. The van der Waals surface area contributed by atoms with Gasteiger partial charge in [0.05, 0.1) is 18.8 Å². The Kier molecular flexibility index (Phi) is 9.03. The number of rotatable bonds is 12. The highest BCUT2D eigenvalue weighted by Crippen LogP contribution is 2.39. The smallest absolute Gasteiger partial charge is 0.273 e. The molecule has 6 nitrogen and oxygen atoms in total. The lowest BCUT2D eigenvalue weighted by molar-refractivity contribution is 0.0947. The van der Waals surface area contributed by atoms with E-state index in [1.165, 1.54) is 0 Å². The van der Waals surface area contributed by atoms with Gasteiger partial charge in [-0.3, -0.25) is 4.79 Å². The fraction of sp³-hybridized carbons (Fsp3) is 0.565. The molecule has 0 radical (unpaired) electrons. The molecule has 6 heteroatoms. The van der Waals surface area contributed by atoms with E-state index >= 15 is 0 Å². The second-order valence-corrected chi connectivity index (χ2v) is 7.38. The molecule has 1 heterocycles. The summed E-state index contributed by atoms with van der Waals surface area (Å²) in [5, 5.41) is 6.67. The van der Waals surface area contributed by atoms with Crippen molar-refractivity contribution >= 4 is 5.91 Å². The number of unbranched alkanes of at least 4 members (excludes halogenated alkanes) is 2. The molecule has 0 aliphatic rings. The van der Waals surface area contributed by atoms with Gasteiger partial charge in [-0.15, -0.1) is 0 Å². The third kappa shape index (κ3) is 6.24. The van der Waals surface area contributed by atoms with Crippen LogP contribution in [0.5, 0.6) is 11.5 Å². The quantitative estimate of drug-likeness (QED) is 0.470. The zero-order valence-corrected chi connectivity index (χ0v) is 18.3. The van der Waals surface area contributed by atoms with Crippen LogP contribution in [0.4, 0.5) is 0 Å². The molecule has 0 unspecified atom stereocenters. The Bertz CT molecular complexity index is 783. The Morgan fingerprint density at radius 1 is 1.03 bits per heavy atom. The van der Waals surface area contributed by atoms with Crippen molar-refractivity contribution in [3.8, 4) is 22.8 Å². The summed E-state index contributed by atoms with van der Waals surface area (Å²) in [6.07, 6.45) is 4.08. The maximum Gasteiger partial charge on any atom is 0.273 e. The topological polar surface area (TPSA) is 73.6 Å². The van der Waals surface area contributed by atoms with E-state index in [0.717, 1.165) is 42.6 Å². The molecule has 2 rings (SSSR count). The molecule has 1 N–H and O–H groups in total. The van der Waals surface area contributed by atoms with Crippen LogP contribution >= 0.6 is 0 Å². The predicted octanol–water partition coefficient (Wildman–Crippen LogP) is 5.57. The van der Waals surface area contributed by atoms with Crippen LogP contribution in [0.1, 0.15) is 82.3 Å². The summed E-state index contributed by atoms with van der Waals surface area (Å²) in [7, 11) is 0. The molecular weight excluding hydrogens is 368 g/mol. The monoisotopic (exact) mass is 402 g/mol. The van der Waals surface area contributed by atoms with Crippen LogP contribution in [0.25, 0.3) is 11.3 Å². The third-order valence-electron chi connectivity index (χ3n) is 4.59. The molecule has 0 bridgehead atoms. The number of benzene rings is 1. The van der Waals surface area contributed by atoms with E-state index < -0.39 is 0 Å². The number of nitrogens with one attached hydrogen (secondary N) is 1. The number of ether oxygens (including phenoxy) is 2. The molecule has 29 heavy (non-hydrogen) atoms. The second-order valence-electron chi connectivity index (χ2n) is 7.38. The Balaban J connectivity index is 2.44. The standard InChI is InChI=1S/C23H34N2O4/c1-6-9-11-27-20-15-21(28-12-10-7-2)18(13-17(20)16(4)5)22-14-19(25-29-22)23(26)24-8-3/h13-16H,6-12H2,1-5H3,(H,24,26). The van der Waals surface area contributed by atoms with Gasteiger partial charge in [0.25, 0.3) is 5.91 Å². The van der Waals surface area contributed by atoms with E-state index in [-0.39, 0.29) is 17.5 Å². The Morgan fingerprint density at radius 2 is 1.69 bits per heavy atom. The predicted molar refractivity (Wildman–Crippen MR) is 115 cm³/mol. The maximum absolute atomic E-state index is 12.1. The van der Waals surface area contributed by atoms with Crippen molar-refractivity contribution in [1.82, 2.24) is 10.5 Å². The van der Waals surface area contributed by atoms with Crippen molar-refractivity contribution in [3.63, 3.8) is 0 Å². The Hall–Kier alpha value is -2.50. The van der Waals surface area contributed by atoms with E-state index in [0.29, 0.717) is 31.3 Å². The highest BCUT2D eigenvalue weighted by atomic mass is 16.5. The molecule has 2 aromatic rings. The fourth-order valence-corrected chi connectivity index (χ4v) is 2.88. The molecule has 0 spiro atoms. The van der Waals surface area contributed by atoms with Gasteiger partial charge in [0.2, 0.25) is 0 Å². The fourth-order valence-electron chi connectivity index (χ4n) is 2.88. The van der Waals surface area contributed by atoms with Gasteiger partial charge in [-0.05, 0) is 37.3 Å². The zero-order chi connectivity index (χ0) is 21.2. The number of carbonyl (C=O) groups is 1. The number of nitrogens with zero attached hydrogens (tertiary/aromatic N) is 1. The van der Waals surface area contributed by atoms with Gasteiger partial charge in [0.15, 0.2) is 11.5 Å². The molecule has 0 saturated heterocycles. The van der Waals surface area contributed by atoms with Gasteiger partial charge in [0.1, 0.15) is 11.5 Å². The highest BCUT2D eigenvalue weighted by molar-refractivity contribution is 5.93. The number of carbonyl (C=O) groups excluding carboxylic acids is 1. The average molecular weight is 403 g/mol. The van der Waals surface area contributed by atoms with Crippen LogP contribution in [-0.4, -0.2) is 30.8 Å². The normalized spacial score (nSPS) is 11.0. The molecule has 0 aliphatic heterocycles. The van der Waals surface area contributed by atoms with Crippen LogP contribution in [0, 0.1) is 0 Å². The highest BCUT2D eigenvalue weighted by Gasteiger charge is 2.20. The third-order valence-corrected chi connectivity index (χ3v) is 4.59. The number of hydrogen-bond acceptors (Lipinski definition) is 5. The molecule has 1 aromatic carbocycles. The van der Waals surface area contributed by atoms with Crippen molar-refractivity contribution in [2.24, 2.45) is 0 Å². The summed E-state index contributed by atoms with van der Waals surface area (Å²) in [4.78, 5) is 12.1. The van der Waals surface area contributed by atoms with Crippen molar-refractivity contribution in [2.75, 3.05) is 19.8 Å². The second kappa shape index (κ2) is 11.5. The van der Waals surface area contributed by atoms with Crippen LogP contribution in [-0.2, 0) is 0 Å². The van der Waals surface area contributed by atoms with Crippen LogP contribution in [0.3, 0.4) is 0 Å². The number of hydrogen-bond donors (Lipinski definition) is 1. The summed E-state index contributed by atoms with van der Waals surface area (Å²) in [5.74, 6) is 2.06. The van der Waals surface area contributed by atoms with Gasteiger partial charge in [-0.1, -0.05) is 45.7 Å². The van der Waals surface area contributed by atoms with Crippen LogP contribution in [0.2, 0.25) is 0 Å². The molecule has 1 aromatic heterocycles. The molecule has 0 atom stereocenters. The number of amides is 1. The van der Waals surface area contributed by atoms with E-state index in [1.807, 2.05) is 19.1 Å². The van der Waals surface area contributed by atoms with Gasteiger partial charge in [-0.25, -0.2) is 0 Å². The lowest BCUT2D eigenvalue weighted by Crippen LogP contribution is -2.22. The van der Waals surface area contributed by atoms with Crippen molar-refractivity contribution in [3.05, 3.63) is 29.5 Å². The van der Waals surface area contributed by atoms with Crippen molar-refractivity contribution in [2.45, 2.75) is 66.2 Å². The van der Waals surface area contributed by atoms with E-state index in [9.17, 15) is 4.79 Å². The van der Waals surface area contributed by atoms with Gasteiger partial charge in [-0.2, -0.15) is 0 Å². The molecule has 160 valence electrons. The summed E-state index contributed by atoms with van der Waals surface area (Å²) < 4.78 is 17.6. The van der Waals surface area contributed by atoms with Crippen molar-refractivity contribution in [1.29, 1.82) is 0 Å². The van der Waals surface area contributed by atoms with Gasteiger partial charge in [0, 0.05) is 18.7 Å². The first-order valence-corrected chi connectivity index (χ1v) is 10.7. The van der Waals surface area contributed by atoms with Gasteiger partial charge < -0.3 is 19.3 Å². The summed E-state index contributed by atoms with van der Waals surface area (Å²) in [6.45, 7) is 12.2. The van der Waals surface area contributed by atoms with Crippen LogP contribution in [0.15, 0.2) is 22.7 Å². The first-order chi connectivity index (χ1) is 14.0. The SMILES string of the molecule is CCCCOc1cc(OCCCC)c(C(C)C)cc1-c1cc(C(=O)NCC)no1. The number of aromatic nitrogens is 1. The van der Waals surface area contributed by atoms with E-state index in [2.05, 4.69) is 38.2 Å². The average Bonchev–Trinajstić information content (AvgIpc) is 3.18.